The Morgan fingerprint density at radius 2 is 2.12 bits per heavy atom. The van der Waals surface area contributed by atoms with Gasteiger partial charge in [-0.25, -0.2) is 0 Å². The lowest BCUT2D eigenvalue weighted by molar-refractivity contribution is 0.229. The lowest BCUT2D eigenvalue weighted by Gasteiger charge is -2.32. The highest BCUT2D eigenvalue weighted by molar-refractivity contribution is 7.98. The summed E-state index contributed by atoms with van der Waals surface area (Å²) in [6.07, 6.45) is 4.65. The summed E-state index contributed by atoms with van der Waals surface area (Å²) >= 11 is 1.80. The number of nitrogens with one attached hydrogen (secondary N) is 1. The van der Waals surface area contributed by atoms with Crippen molar-refractivity contribution in [3.8, 4) is 0 Å². The van der Waals surface area contributed by atoms with Gasteiger partial charge in [0.2, 0.25) is 0 Å². The topological polar surface area (TPSA) is 15.3 Å². The van der Waals surface area contributed by atoms with Gasteiger partial charge in [0.15, 0.2) is 0 Å². The minimum absolute atomic E-state index is 0.648. The Bertz CT molecular complexity index is 346. The molecule has 0 atom stereocenters. The number of rotatable bonds is 4. The third-order valence-electron chi connectivity index (χ3n) is 3.48. The number of thioether (sulfide) groups is 1. The minimum atomic E-state index is 0.648. The molecule has 1 aromatic rings. The van der Waals surface area contributed by atoms with E-state index in [1.807, 2.05) is 0 Å². The van der Waals surface area contributed by atoms with Crippen LogP contribution in [0.15, 0.2) is 29.2 Å². The summed E-state index contributed by atoms with van der Waals surface area (Å²) in [6, 6.07) is 9.36. The zero-order valence-electron chi connectivity index (χ0n) is 10.8. The lowest BCUT2D eigenvalue weighted by atomic mass is 10.0. The van der Waals surface area contributed by atoms with E-state index >= 15 is 0 Å². The van der Waals surface area contributed by atoms with Gasteiger partial charge in [-0.15, -0.1) is 11.8 Å². The van der Waals surface area contributed by atoms with Gasteiger partial charge in [-0.3, -0.25) is 0 Å². The van der Waals surface area contributed by atoms with E-state index < -0.39 is 0 Å². The van der Waals surface area contributed by atoms with E-state index in [0.717, 1.165) is 0 Å². The second kappa shape index (κ2) is 6.31. The number of hydrogen-bond donors (Lipinski definition) is 1. The molecule has 1 saturated heterocycles. The fourth-order valence-corrected chi connectivity index (χ4v) is 2.80. The third kappa shape index (κ3) is 3.65. The molecule has 1 heterocycles. The minimum Gasteiger partial charge on any atom is -0.382 e. The molecule has 0 bridgehead atoms. The highest BCUT2D eigenvalue weighted by atomic mass is 32.2. The van der Waals surface area contributed by atoms with Crippen LogP contribution in [0, 0.1) is 0 Å². The average Bonchev–Trinajstić information content (AvgIpc) is 2.40. The van der Waals surface area contributed by atoms with Gasteiger partial charge in [0.1, 0.15) is 0 Å². The first-order chi connectivity index (χ1) is 8.31. The van der Waals surface area contributed by atoms with Gasteiger partial charge >= 0.3 is 0 Å². The van der Waals surface area contributed by atoms with E-state index in [1.54, 1.807) is 11.8 Å². The largest absolute Gasteiger partial charge is 0.382 e. The predicted octanol–water partition coefficient (Wildman–Crippen LogP) is 3.30. The Morgan fingerprint density at radius 3 is 2.76 bits per heavy atom. The molecule has 1 aromatic carbocycles. The van der Waals surface area contributed by atoms with E-state index in [9.17, 15) is 0 Å². The second-order valence-corrected chi connectivity index (χ2v) is 5.46. The van der Waals surface area contributed by atoms with Crippen LogP contribution in [0.3, 0.4) is 0 Å². The third-order valence-corrected chi connectivity index (χ3v) is 4.20. The predicted molar refractivity (Wildman–Crippen MR) is 77.0 cm³/mol. The summed E-state index contributed by atoms with van der Waals surface area (Å²) < 4.78 is 0. The summed E-state index contributed by atoms with van der Waals surface area (Å²) in [5.41, 5.74) is 1.27. The molecule has 1 N–H and O–H groups in total. The first-order valence-electron chi connectivity index (χ1n) is 6.44. The number of piperidine rings is 1. The lowest BCUT2D eigenvalue weighted by Crippen LogP contribution is -2.38. The zero-order valence-corrected chi connectivity index (χ0v) is 11.6. The maximum atomic E-state index is 3.66. The highest BCUT2D eigenvalue weighted by Crippen LogP contribution is 2.21. The van der Waals surface area contributed by atoms with Gasteiger partial charge < -0.3 is 10.2 Å². The van der Waals surface area contributed by atoms with Gasteiger partial charge in [0.05, 0.1) is 0 Å². The van der Waals surface area contributed by atoms with Crippen LogP contribution < -0.4 is 5.32 Å². The van der Waals surface area contributed by atoms with Crippen molar-refractivity contribution in [1.82, 2.24) is 4.90 Å². The molecule has 1 fully saturated rings. The van der Waals surface area contributed by atoms with Crippen LogP contribution in [0.2, 0.25) is 0 Å². The van der Waals surface area contributed by atoms with E-state index in [-0.39, 0.29) is 0 Å². The Labute approximate surface area is 109 Å². The number of likely N-dealkylation sites (tertiary alicyclic amines) is 1. The molecular formula is C14H22N2S. The molecule has 0 aliphatic carbocycles. The van der Waals surface area contributed by atoms with Gasteiger partial charge in [0.25, 0.3) is 0 Å². The molecule has 0 saturated carbocycles. The van der Waals surface area contributed by atoms with Crippen molar-refractivity contribution < 1.29 is 0 Å². The van der Waals surface area contributed by atoms with Gasteiger partial charge in [-0.2, -0.15) is 0 Å². The molecule has 0 radical (unpaired) electrons. The van der Waals surface area contributed by atoms with Crippen LogP contribution in [-0.2, 0) is 0 Å². The number of anilines is 1. The molecule has 0 spiro atoms. The highest BCUT2D eigenvalue weighted by Gasteiger charge is 2.17. The quantitative estimate of drug-likeness (QED) is 0.825. The maximum Gasteiger partial charge on any atom is 0.0353 e. The fourth-order valence-electron chi connectivity index (χ4n) is 2.34. The number of benzene rings is 1. The first kappa shape index (κ1) is 12.8. The monoisotopic (exact) mass is 250 g/mol. The Balaban J connectivity index is 1.88. The van der Waals surface area contributed by atoms with Crippen molar-refractivity contribution >= 4 is 17.4 Å². The molecule has 1 aliphatic rings. The van der Waals surface area contributed by atoms with E-state index in [0.29, 0.717) is 6.04 Å². The molecule has 0 aromatic heterocycles. The molecule has 0 unspecified atom stereocenters. The summed E-state index contributed by atoms with van der Waals surface area (Å²) in [6.45, 7) is 5.90. The standard InChI is InChI=1S/C14H22N2S/c1-3-16-9-7-12(8-10-16)15-13-5-4-6-14(11-13)17-2/h4-6,11-12,15H,3,7-10H2,1-2H3. The van der Waals surface area contributed by atoms with Crippen LogP contribution >= 0.6 is 11.8 Å². The van der Waals surface area contributed by atoms with Gasteiger partial charge in [-0.05, 0) is 43.8 Å². The fraction of sp³-hybridized carbons (Fsp3) is 0.571. The Morgan fingerprint density at radius 1 is 1.35 bits per heavy atom. The molecule has 3 heteroatoms. The van der Waals surface area contributed by atoms with Gasteiger partial charge in [-0.1, -0.05) is 13.0 Å². The van der Waals surface area contributed by atoms with Gasteiger partial charge in [0, 0.05) is 29.7 Å². The van der Waals surface area contributed by atoms with Crippen molar-refractivity contribution in [2.45, 2.75) is 30.7 Å². The van der Waals surface area contributed by atoms with E-state index in [1.165, 1.54) is 43.1 Å². The first-order valence-corrected chi connectivity index (χ1v) is 7.67. The molecule has 2 rings (SSSR count). The molecule has 2 nitrogen and oxygen atoms in total. The van der Waals surface area contributed by atoms with Crippen molar-refractivity contribution in [1.29, 1.82) is 0 Å². The number of hydrogen-bond acceptors (Lipinski definition) is 3. The molecule has 94 valence electrons. The molecular weight excluding hydrogens is 228 g/mol. The van der Waals surface area contributed by atoms with Crippen molar-refractivity contribution in [3.05, 3.63) is 24.3 Å². The maximum absolute atomic E-state index is 3.66. The summed E-state index contributed by atoms with van der Waals surface area (Å²) in [5.74, 6) is 0. The van der Waals surface area contributed by atoms with Crippen LogP contribution in [-0.4, -0.2) is 36.8 Å². The normalized spacial score (nSPS) is 18.2. The second-order valence-electron chi connectivity index (χ2n) is 4.58. The van der Waals surface area contributed by atoms with Crippen LogP contribution in [0.4, 0.5) is 5.69 Å². The SMILES string of the molecule is CCN1CCC(Nc2cccc(SC)c2)CC1. The Kier molecular flexibility index (Phi) is 4.75. The summed E-state index contributed by atoms with van der Waals surface area (Å²) in [4.78, 5) is 3.86. The molecule has 17 heavy (non-hydrogen) atoms. The number of nitrogens with zero attached hydrogens (tertiary/aromatic N) is 1. The van der Waals surface area contributed by atoms with Crippen LogP contribution in [0.25, 0.3) is 0 Å². The summed E-state index contributed by atoms with van der Waals surface area (Å²) in [5, 5.41) is 3.66. The van der Waals surface area contributed by atoms with E-state index in [4.69, 9.17) is 0 Å². The van der Waals surface area contributed by atoms with Crippen LogP contribution in [0.5, 0.6) is 0 Å². The summed E-state index contributed by atoms with van der Waals surface area (Å²) in [7, 11) is 0. The average molecular weight is 250 g/mol. The molecule has 0 amide bonds. The zero-order chi connectivity index (χ0) is 12.1. The van der Waals surface area contributed by atoms with Crippen molar-refractivity contribution in [2.75, 3.05) is 31.2 Å². The van der Waals surface area contributed by atoms with Crippen LogP contribution in [0.1, 0.15) is 19.8 Å². The smallest absolute Gasteiger partial charge is 0.0353 e. The molecule has 1 aliphatic heterocycles. The van der Waals surface area contributed by atoms with E-state index in [2.05, 4.69) is 47.7 Å². The van der Waals surface area contributed by atoms with Crippen molar-refractivity contribution in [2.24, 2.45) is 0 Å². The van der Waals surface area contributed by atoms with Crippen molar-refractivity contribution in [3.63, 3.8) is 0 Å². The Hall–Kier alpha value is -0.670.